The lowest BCUT2D eigenvalue weighted by Crippen LogP contribution is -2.02. The first-order valence-electron chi connectivity index (χ1n) is 7.48. The zero-order chi connectivity index (χ0) is 15.7. The van der Waals surface area contributed by atoms with Crippen molar-refractivity contribution in [2.24, 2.45) is 0 Å². The van der Waals surface area contributed by atoms with Gasteiger partial charge in [0.2, 0.25) is 0 Å². The second-order valence-corrected chi connectivity index (χ2v) is 5.55. The van der Waals surface area contributed by atoms with Gasteiger partial charge in [0, 0.05) is 5.56 Å². The maximum absolute atomic E-state index is 6.26. The summed E-state index contributed by atoms with van der Waals surface area (Å²) in [6, 6.07) is 14.4. The minimum atomic E-state index is 0.563. The highest BCUT2D eigenvalue weighted by Gasteiger charge is 2.13. The molecule has 22 heavy (non-hydrogen) atoms. The van der Waals surface area contributed by atoms with Gasteiger partial charge in [-0.15, -0.1) is 5.10 Å². The summed E-state index contributed by atoms with van der Waals surface area (Å²) in [5, 5.41) is 8.48. The van der Waals surface area contributed by atoms with Crippen LogP contribution in [0.2, 0.25) is 0 Å². The van der Waals surface area contributed by atoms with Crippen molar-refractivity contribution in [2.45, 2.75) is 27.2 Å². The van der Waals surface area contributed by atoms with E-state index in [1.54, 1.807) is 4.68 Å². The summed E-state index contributed by atoms with van der Waals surface area (Å²) in [5.74, 6) is 0.563. The molecule has 0 amide bonds. The summed E-state index contributed by atoms with van der Waals surface area (Å²) in [6.45, 7) is 6.31. The number of rotatable bonds is 3. The molecule has 0 atom stereocenters. The lowest BCUT2D eigenvalue weighted by Gasteiger charge is -2.06. The maximum Gasteiger partial charge on any atom is 0.155 e. The minimum Gasteiger partial charge on any atom is -0.382 e. The monoisotopic (exact) mass is 292 g/mol. The standard InChI is InChI=1S/C18H20N4/c1-4-14-6-9-16(10-7-14)22-18(19)17(20-21-22)15-8-5-12(2)13(3)11-15/h5-11H,4,19H2,1-3H3. The van der Waals surface area contributed by atoms with E-state index in [0.717, 1.165) is 23.4 Å². The van der Waals surface area contributed by atoms with E-state index in [1.807, 2.05) is 18.2 Å². The smallest absolute Gasteiger partial charge is 0.155 e. The van der Waals surface area contributed by atoms with E-state index in [-0.39, 0.29) is 0 Å². The minimum absolute atomic E-state index is 0.563. The van der Waals surface area contributed by atoms with Crippen molar-refractivity contribution in [1.29, 1.82) is 0 Å². The Morgan fingerprint density at radius 3 is 2.36 bits per heavy atom. The average molecular weight is 292 g/mol. The number of anilines is 1. The van der Waals surface area contributed by atoms with E-state index in [2.05, 4.69) is 55.3 Å². The van der Waals surface area contributed by atoms with E-state index in [4.69, 9.17) is 5.73 Å². The normalized spacial score (nSPS) is 10.9. The van der Waals surface area contributed by atoms with Gasteiger partial charge >= 0.3 is 0 Å². The molecule has 2 aromatic carbocycles. The molecule has 0 bridgehead atoms. The molecule has 0 fully saturated rings. The number of aryl methyl sites for hydroxylation is 3. The second kappa shape index (κ2) is 5.64. The largest absolute Gasteiger partial charge is 0.382 e. The summed E-state index contributed by atoms with van der Waals surface area (Å²) in [5.41, 5.74) is 12.7. The molecule has 112 valence electrons. The Morgan fingerprint density at radius 2 is 1.73 bits per heavy atom. The van der Waals surface area contributed by atoms with Crippen molar-refractivity contribution in [3.8, 4) is 16.9 Å². The molecule has 0 unspecified atom stereocenters. The summed E-state index contributed by atoms with van der Waals surface area (Å²) in [4.78, 5) is 0. The van der Waals surface area contributed by atoms with Gasteiger partial charge in [0.05, 0.1) is 5.69 Å². The molecular weight excluding hydrogens is 272 g/mol. The van der Waals surface area contributed by atoms with E-state index < -0.39 is 0 Å². The third kappa shape index (κ3) is 2.48. The molecule has 2 N–H and O–H groups in total. The van der Waals surface area contributed by atoms with Gasteiger partial charge in [-0.1, -0.05) is 36.4 Å². The maximum atomic E-state index is 6.26. The van der Waals surface area contributed by atoms with Crippen molar-refractivity contribution in [2.75, 3.05) is 5.73 Å². The van der Waals surface area contributed by atoms with Crippen LogP contribution in [0.1, 0.15) is 23.6 Å². The summed E-state index contributed by atoms with van der Waals surface area (Å²) in [6.07, 6.45) is 1.01. The van der Waals surface area contributed by atoms with Crippen LogP contribution in [0.15, 0.2) is 42.5 Å². The Hall–Kier alpha value is -2.62. The first-order valence-corrected chi connectivity index (χ1v) is 7.48. The summed E-state index contributed by atoms with van der Waals surface area (Å²) in [7, 11) is 0. The molecule has 0 aliphatic carbocycles. The third-order valence-electron chi connectivity index (χ3n) is 4.07. The van der Waals surface area contributed by atoms with Crippen LogP contribution in [0.4, 0.5) is 5.82 Å². The van der Waals surface area contributed by atoms with Gasteiger partial charge in [0.25, 0.3) is 0 Å². The highest BCUT2D eigenvalue weighted by Crippen LogP contribution is 2.27. The van der Waals surface area contributed by atoms with Crippen molar-refractivity contribution in [1.82, 2.24) is 15.0 Å². The molecule has 3 rings (SSSR count). The fourth-order valence-corrected chi connectivity index (χ4v) is 2.45. The van der Waals surface area contributed by atoms with Gasteiger partial charge in [-0.3, -0.25) is 0 Å². The molecule has 0 aliphatic heterocycles. The molecule has 3 aromatic rings. The SMILES string of the molecule is CCc1ccc(-n2nnc(-c3ccc(C)c(C)c3)c2N)cc1. The first kappa shape index (κ1) is 14.3. The molecule has 0 aliphatic rings. The molecule has 0 saturated carbocycles. The number of nitrogens with zero attached hydrogens (tertiary/aromatic N) is 3. The fraction of sp³-hybridized carbons (Fsp3) is 0.222. The predicted octanol–water partition coefficient (Wildman–Crippen LogP) is 3.70. The van der Waals surface area contributed by atoms with Crippen molar-refractivity contribution in [3.63, 3.8) is 0 Å². The molecular formula is C18H20N4. The van der Waals surface area contributed by atoms with Crippen LogP contribution < -0.4 is 5.73 Å². The van der Waals surface area contributed by atoms with Crippen molar-refractivity contribution >= 4 is 5.82 Å². The highest BCUT2D eigenvalue weighted by molar-refractivity contribution is 5.71. The van der Waals surface area contributed by atoms with Crippen LogP contribution in [0.5, 0.6) is 0 Å². The average Bonchev–Trinajstić information content (AvgIpc) is 2.92. The van der Waals surface area contributed by atoms with Crippen LogP contribution in [0.25, 0.3) is 16.9 Å². The number of nitrogens with two attached hydrogens (primary N) is 1. The number of aromatic nitrogens is 3. The van der Waals surface area contributed by atoms with E-state index in [1.165, 1.54) is 16.7 Å². The molecule has 0 spiro atoms. The van der Waals surface area contributed by atoms with Crippen LogP contribution in [0.3, 0.4) is 0 Å². The van der Waals surface area contributed by atoms with Gasteiger partial charge in [0.15, 0.2) is 5.82 Å². The number of nitrogen functional groups attached to an aromatic ring is 1. The van der Waals surface area contributed by atoms with E-state index in [9.17, 15) is 0 Å². The third-order valence-corrected chi connectivity index (χ3v) is 4.07. The van der Waals surface area contributed by atoms with Gasteiger partial charge < -0.3 is 5.73 Å². The first-order chi connectivity index (χ1) is 10.6. The molecule has 4 nitrogen and oxygen atoms in total. The number of benzene rings is 2. The Labute approximate surface area is 130 Å². The lowest BCUT2D eigenvalue weighted by atomic mass is 10.0. The van der Waals surface area contributed by atoms with Crippen LogP contribution in [-0.4, -0.2) is 15.0 Å². The van der Waals surface area contributed by atoms with Crippen LogP contribution in [0, 0.1) is 13.8 Å². The Bertz CT molecular complexity index is 800. The molecule has 1 aromatic heterocycles. The van der Waals surface area contributed by atoms with Crippen molar-refractivity contribution in [3.05, 3.63) is 59.2 Å². The highest BCUT2D eigenvalue weighted by atomic mass is 15.5. The topological polar surface area (TPSA) is 56.7 Å². The molecule has 0 saturated heterocycles. The van der Waals surface area contributed by atoms with Gasteiger partial charge in [-0.05, 0) is 55.2 Å². The lowest BCUT2D eigenvalue weighted by molar-refractivity contribution is 0.810. The van der Waals surface area contributed by atoms with Crippen molar-refractivity contribution < 1.29 is 0 Å². The molecule has 0 radical (unpaired) electrons. The van der Waals surface area contributed by atoms with Crippen LogP contribution in [-0.2, 0) is 6.42 Å². The Kier molecular flexibility index (Phi) is 3.67. The number of hydrogen-bond donors (Lipinski definition) is 1. The predicted molar refractivity (Wildman–Crippen MR) is 90.1 cm³/mol. The van der Waals surface area contributed by atoms with Gasteiger partial charge in [0.1, 0.15) is 5.69 Å². The number of hydrogen-bond acceptors (Lipinski definition) is 3. The van der Waals surface area contributed by atoms with E-state index >= 15 is 0 Å². The zero-order valence-electron chi connectivity index (χ0n) is 13.2. The zero-order valence-corrected chi connectivity index (χ0v) is 13.2. The Balaban J connectivity index is 2.02. The van der Waals surface area contributed by atoms with Gasteiger partial charge in [-0.2, -0.15) is 4.68 Å². The van der Waals surface area contributed by atoms with Gasteiger partial charge in [-0.25, -0.2) is 0 Å². The van der Waals surface area contributed by atoms with E-state index in [0.29, 0.717) is 5.82 Å². The summed E-state index contributed by atoms with van der Waals surface area (Å²) >= 11 is 0. The Morgan fingerprint density at radius 1 is 1.00 bits per heavy atom. The molecule has 4 heteroatoms. The fourth-order valence-electron chi connectivity index (χ4n) is 2.45. The van der Waals surface area contributed by atoms with Crippen LogP contribution >= 0.6 is 0 Å². The quantitative estimate of drug-likeness (QED) is 0.801. The molecule has 1 heterocycles. The summed E-state index contributed by atoms with van der Waals surface area (Å²) < 4.78 is 1.68. The second-order valence-electron chi connectivity index (χ2n) is 5.55.